The molecule has 16 heavy (non-hydrogen) atoms. The molecule has 1 aliphatic carbocycles. The Kier molecular flexibility index (Phi) is 3.85. The molecule has 1 saturated carbocycles. The molecule has 0 aromatic heterocycles. The Bertz CT molecular complexity index is 248. The van der Waals surface area contributed by atoms with Crippen molar-refractivity contribution >= 4 is 5.91 Å². The van der Waals surface area contributed by atoms with E-state index in [9.17, 15) is 4.79 Å². The third kappa shape index (κ3) is 3.21. The molecule has 1 amide bonds. The summed E-state index contributed by atoms with van der Waals surface area (Å²) >= 11 is 0. The maximum Gasteiger partial charge on any atom is 0.239 e. The van der Waals surface area contributed by atoms with E-state index in [1.807, 2.05) is 0 Å². The van der Waals surface area contributed by atoms with E-state index < -0.39 is 0 Å². The molecule has 1 N–H and O–H groups in total. The second-order valence-corrected chi connectivity index (χ2v) is 5.57. The lowest BCUT2D eigenvalue weighted by Crippen LogP contribution is -2.52. The van der Waals surface area contributed by atoms with E-state index in [0.717, 1.165) is 31.8 Å². The van der Waals surface area contributed by atoms with Crippen LogP contribution in [0, 0.1) is 5.92 Å². The van der Waals surface area contributed by atoms with Crippen molar-refractivity contribution in [1.82, 2.24) is 10.2 Å². The number of rotatable bonds is 5. The van der Waals surface area contributed by atoms with Crippen LogP contribution in [0.1, 0.15) is 46.0 Å². The van der Waals surface area contributed by atoms with Crippen LogP contribution in [0.15, 0.2) is 0 Å². The predicted molar refractivity (Wildman–Crippen MR) is 65.2 cm³/mol. The van der Waals surface area contributed by atoms with Crippen molar-refractivity contribution in [3.05, 3.63) is 0 Å². The maximum atomic E-state index is 12.2. The van der Waals surface area contributed by atoms with Crippen LogP contribution in [0.5, 0.6) is 0 Å². The lowest BCUT2D eigenvalue weighted by molar-refractivity contribution is -0.136. The number of amides is 1. The zero-order valence-electron chi connectivity index (χ0n) is 10.5. The van der Waals surface area contributed by atoms with Crippen LogP contribution in [-0.4, -0.2) is 36.0 Å². The standard InChI is InChI=1S/C13H24N2O/c1-10(2)14-12-4-3-8-15(13(12)16)9-7-11-5-6-11/h10-12,14H,3-9H2,1-2H3. The quantitative estimate of drug-likeness (QED) is 0.772. The van der Waals surface area contributed by atoms with Crippen molar-refractivity contribution in [3.63, 3.8) is 0 Å². The van der Waals surface area contributed by atoms with Gasteiger partial charge in [-0.05, 0) is 25.2 Å². The van der Waals surface area contributed by atoms with Gasteiger partial charge in [-0.2, -0.15) is 0 Å². The van der Waals surface area contributed by atoms with Crippen LogP contribution >= 0.6 is 0 Å². The second-order valence-electron chi connectivity index (χ2n) is 5.57. The van der Waals surface area contributed by atoms with Crippen molar-refractivity contribution in [2.75, 3.05) is 13.1 Å². The number of carbonyl (C=O) groups is 1. The molecule has 0 bridgehead atoms. The first-order chi connectivity index (χ1) is 7.66. The summed E-state index contributed by atoms with van der Waals surface area (Å²) in [6.45, 7) is 6.18. The van der Waals surface area contributed by atoms with E-state index in [4.69, 9.17) is 0 Å². The van der Waals surface area contributed by atoms with Gasteiger partial charge in [0.05, 0.1) is 6.04 Å². The van der Waals surface area contributed by atoms with Gasteiger partial charge in [-0.15, -0.1) is 0 Å². The van der Waals surface area contributed by atoms with E-state index >= 15 is 0 Å². The lowest BCUT2D eigenvalue weighted by Gasteiger charge is -2.33. The first-order valence-electron chi connectivity index (χ1n) is 6.71. The lowest BCUT2D eigenvalue weighted by atomic mass is 10.0. The van der Waals surface area contributed by atoms with Gasteiger partial charge in [0.2, 0.25) is 5.91 Å². The fraction of sp³-hybridized carbons (Fsp3) is 0.923. The molecule has 2 rings (SSSR count). The Morgan fingerprint density at radius 1 is 1.38 bits per heavy atom. The molecule has 2 aliphatic rings. The van der Waals surface area contributed by atoms with Crippen LogP contribution in [0.25, 0.3) is 0 Å². The number of nitrogens with zero attached hydrogens (tertiary/aromatic N) is 1. The fourth-order valence-electron chi connectivity index (χ4n) is 2.46. The highest BCUT2D eigenvalue weighted by Gasteiger charge is 2.30. The summed E-state index contributed by atoms with van der Waals surface area (Å²) in [4.78, 5) is 14.2. The summed E-state index contributed by atoms with van der Waals surface area (Å²) in [6, 6.07) is 0.477. The van der Waals surface area contributed by atoms with Gasteiger partial charge in [0, 0.05) is 19.1 Å². The van der Waals surface area contributed by atoms with E-state index in [2.05, 4.69) is 24.1 Å². The van der Waals surface area contributed by atoms with Gasteiger partial charge < -0.3 is 10.2 Å². The van der Waals surface area contributed by atoms with Crippen LogP contribution in [-0.2, 0) is 4.79 Å². The summed E-state index contributed by atoms with van der Waals surface area (Å²) in [5.41, 5.74) is 0. The SMILES string of the molecule is CC(C)NC1CCCN(CCC2CC2)C1=O. The monoisotopic (exact) mass is 224 g/mol. The second kappa shape index (κ2) is 5.17. The molecule has 0 aromatic rings. The number of piperidine rings is 1. The van der Waals surface area contributed by atoms with E-state index in [1.165, 1.54) is 19.3 Å². The zero-order chi connectivity index (χ0) is 11.5. The van der Waals surface area contributed by atoms with Crippen LogP contribution < -0.4 is 5.32 Å². The van der Waals surface area contributed by atoms with Gasteiger partial charge in [-0.1, -0.05) is 26.7 Å². The highest BCUT2D eigenvalue weighted by Crippen LogP contribution is 2.32. The Morgan fingerprint density at radius 3 is 2.75 bits per heavy atom. The number of hydrogen-bond donors (Lipinski definition) is 1. The third-order valence-electron chi connectivity index (χ3n) is 3.57. The largest absolute Gasteiger partial charge is 0.341 e. The molecular formula is C13H24N2O. The first kappa shape index (κ1) is 11.9. The Labute approximate surface area is 98.6 Å². The number of carbonyl (C=O) groups excluding carboxylic acids is 1. The molecule has 1 saturated heterocycles. The van der Waals surface area contributed by atoms with Crippen LogP contribution in [0.4, 0.5) is 0 Å². The number of hydrogen-bond acceptors (Lipinski definition) is 2. The molecule has 0 aromatic carbocycles. The first-order valence-corrected chi connectivity index (χ1v) is 6.71. The molecule has 1 unspecified atom stereocenters. The van der Waals surface area contributed by atoms with Crippen molar-refractivity contribution < 1.29 is 4.79 Å². The smallest absolute Gasteiger partial charge is 0.239 e. The summed E-state index contributed by atoms with van der Waals surface area (Å²) in [5.74, 6) is 1.26. The molecule has 2 fully saturated rings. The van der Waals surface area contributed by atoms with Crippen molar-refractivity contribution in [3.8, 4) is 0 Å². The van der Waals surface area contributed by atoms with E-state index in [1.54, 1.807) is 0 Å². The maximum absolute atomic E-state index is 12.2. The van der Waals surface area contributed by atoms with Crippen molar-refractivity contribution in [2.45, 2.75) is 58.0 Å². The Morgan fingerprint density at radius 2 is 2.12 bits per heavy atom. The van der Waals surface area contributed by atoms with Gasteiger partial charge in [-0.25, -0.2) is 0 Å². The van der Waals surface area contributed by atoms with Gasteiger partial charge >= 0.3 is 0 Å². The molecular weight excluding hydrogens is 200 g/mol. The Hall–Kier alpha value is -0.570. The predicted octanol–water partition coefficient (Wildman–Crippen LogP) is 1.78. The van der Waals surface area contributed by atoms with E-state index in [-0.39, 0.29) is 6.04 Å². The normalized spacial score (nSPS) is 26.6. The summed E-state index contributed by atoms with van der Waals surface area (Å²) < 4.78 is 0. The number of nitrogens with one attached hydrogen (secondary N) is 1. The van der Waals surface area contributed by atoms with Crippen molar-refractivity contribution in [1.29, 1.82) is 0 Å². The minimum atomic E-state index is 0.0768. The van der Waals surface area contributed by atoms with Gasteiger partial charge in [0.1, 0.15) is 0 Å². The zero-order valence-corrected chi connectivity index (χ0v) is 10.5. The molecule has 3 heteroatoms. The molecule has 0 spiro atoms. The van der Waals surface area contributed by atoms with Crippen LogP contribution in [0.2, 0.25) is 0 Å². The Balaban J connectivity index is 1.80. The minimum absolute atomic E-state index is 0.0768. The third-order valence-corrected chi connectivity index (χ3v) is 3.57. The summed E-state index contributed by atoms with van der Waals surface area (Å²) in [7, 11) is 0. The van der Waals surface area contributed by atoms with Crippen LogP contribution in [0.3, 0.4) is 0 Å². The molecule has 1 aliphatic heterocycles. The average molecular weight is 224 g/mol. The van der Waals surface area contributed by atoms with Gasteiger partial charge in [0.15, 0.2) is 0 Å². The molecule has 1 atom stereocenters. The topological polar surface area (TPSA) is 32.3 Å². The summed E-state index contributed by atoms with van der Waals surface area (Å²) in [5, 5.41) is 3.37. The van der Waals surface area contributed by atoms with Crippen molar-refractivity contribution in [2.24, 2.45) is 5.92 Å². The summed E-state index contributed by atoms with van der Waals surface area (Å²) in [6.07, 6.45) is 6.16. The highest BCUT2D eigenvalue weighted by molar-refractivity contribution is 5.82. The van der Waals surface area contributed by atoms with Gasteiger partial charge in [0.25, 0.3) is 0 Å². The van der Waals surface area contributed by atoms with Gasteiger partial charge in [-0.3, -0.25) is 4.79 Å². The fourth-order valence-corrected chi connectivity index (χ4v) is 2.46. The minimum Gasteiger partial charge on any atom is -0.341 e. The van der Waals surface area contributed by atoms with E-state index in [0.29, 0.717) is 11.9 Å². The molecule has 92 valence electrons. The molecule has 1 heterocycles. The number of likely N-dealkylation sites (tertiary alicyclic amines) is 1. The molecule has 3 nitrogen and oxygen atoms in total. The molecule has 0 radical (unpaired) electrons. The highest BCUT2D eigenvalue weighted by atomic mass is 16.2. The average Bonchev–Trinajstić information content (AvgIpc) is 3.02.